The van der Waals surface area contributed by atoms with Crippen LogP contribution in [0.5, 0.6) is 5.75 Å². The predicted octanol–water partition coefficient (Wildman–Crippen LogP) is 1.67. The minimum absolute atomic E-state index is 0.488. The Labute approximate surface area is 122 Å². The van der Waals surface area contributed by atoms with E-state index in [9.17, 15) is 5.11 Å². The van der Waals surface area contributed by atoms with E-state index in [1.807, 2.05) is 25.1 Å². The van der Waals surface area contributed by atoms with Crippen LogP contribution in [0.2, 0.25) is 0 Å². The molecule has 1 aromatic rings. The zero-order chi connectivity index (χ0) is 14.5. The third-order valence-corrected chi connectivity index (χ3v) is 4.09. The molecule has 0 radical (unpaired) electrons. The van der Waals surface area contributed by atoms with Gasteiger partial charge in [0.1, 0.15) is 5.75 Å². The van der Waals surface area contributed by atoms with Crippen molar-refractivity contribution < 1.29 is 9.84 Å². The van der Waals surface area contributed by atoms with Gasteiger partial charge in [0.2, 0.25) is 0 Å². The zero-order valence-electron chi connectivity index (χ0n) is 12.8. The van der Waals surface area contributed by atoms with Crippen molar-refractivity contribution in [1.29, 1.82) is 0 Å². The molecule has 1 N–H and O–H groups in total. The molecule has 1 aliphatic rings. The first kappa shape index (κ1) is 15.3. The Hall–Kier alpha value is -1.10. The van der Waals surface area contributed by atoms with Crippen molar-refractivity contribution in [3.05, 3.63) is 29.3 Å². The van der Waals surface area contributed by atoms with Gasteiger partial charge in [0.05, 0.1) is 13.2 Å². The molecule has 0 spiro atoms. The van der Waals surface area contributed by atoms with Crippen LogP contribution in [0.4, 0.5) is 0 Å². The summed E-state index contributed by atoms with van der Waals surface area (Å²) in [6.45, 7) is 10.3. The van der Waals surface area contributed by atoms with Gasteiger partial charge in [0.25, 0.3) is 0 Å². The summed E-state index contributed by atoms with van der Waals surface area (Å²) in [4.78, 5) is 4.77. The lowest BCUT2D eigenvalue weighted by Gasteiger charge is -2.35. The summed E-state index contributed by atoms with van der Waals surface area (Å²) in [5, 5.41) is 10.5. The Morgan fingerprint density at radius 1 is 1.20 bits per heavy atom. The number of hydrogen-bond donors (Lipinski definition) is 1. The zero-order valence-corrected chi connectivity index (χ0v) is 12.8. The molecule has 1 heterocycles. The van der Waals surface area contributed by atoms with Crippen LogP contribution in [0.1, 0.15) is 24.2 Å². The number of hydrogen-bond acceptors (Lipinski definition) is 4. The van der Waals surface area contributed by atoms with Crippen LogP contribution in [-0.2, 0) is 0 Å². The maximum atomic E-state index is 10.5. The number of likely N-dealkylation sites (N-methyl/N-ethyl adjacent to an activating group) is 1. The van der Waals surface area contributed by atoms with Crippen LogP contribution in [0.25, 0.3) is 0 Å². The van der Waals surface area contributed by atoms with Crippen molar-refractivity contribution in [2.75, 3.05) is 46.4 Å². The lowest BCUT2D eigenvalue weighted by molar-refractivity contribution is 0.0731. The van der Waals surface area contributed by atoms with Gasteiger partial charge >= 0.3 is 0 Å². The van der Waals surface area contributed by atoms with Gasteiger partial charge in [0.15, 0.2) is 0 Å². The molecule has 0 aliphatic carbocycles. The highest BCUT2D eigenvalue weighted by molar-refractivity contribution is 5.38. The predicted molar refractivity (Wildman–Crippen MR) is 81.2 cm³/mol. The molecule has 0 amide bonds. The third kappa shape index (κ3) is 3.72. The summed E-state index contributed by atoms with van der Waals surface area (Å²) >= 11 is 0. The van der Waals surface area contributed by atoms with Crippen molar-refractivity contribution in [3.63, 3.8) is 0 Å². The Morgan fingerprint density at radius 3 is 2.45 bits per heavy atom. The second-order valence-corrected chi connectivity index (χ2v) is 5.50. The number of nitrogens with zero attached hydrogens (tertiary/aromatic N) is 2. The molecule has 4 heteroatoms. The first-order valence-corrected chi connectivity index (χ1v) is 7.41. The smallest absolute Gasteiger partial charge is 0.124 e. The Balaban J connectivity index is 1.98. The third-order valence-electron chi connectivity index (χ3n) is 4.09. The highest BCUT2D eigenvalue weighted by Crippen LogP contribution is 2.27. The van der Waals surface area contributed by atoms with Gasteiger partial charge < -0.3 is 14.7 Å². The van der Waals surface area contributed by atoms with E-state index in [0.29, 0.717) is 6.54 Å². The maximum absolute atomic E-state index is 10.5. The molecule has 1 atom stereocenters. The fraction of sp³-hybridized carbons (Fsp3) is 0.625. The average Bonchev–Trinajstić information content (AvgIpc) is 2.48. The van der Waals surface area contributed by atoms with Crippen molar-refractivity contribution in [2.45, 2.75) is 20.0 Å². The Kier molecular flexibility index (Phi) is 5.40. The number of aliphatic hydroxyl groups excluding tert-OH is 1. The molecule has 112 valence electrons. The molecule has 0 saturated carbocycles. The molecule has 0 bridgehead atoms. The largest absolute Gasteiger partial charge is 0.496 e. The van der Waals surface area contributed by atoms with Gasteiger partial charge in [-0.3, -0.25) is 4.90 Å². The first-order chi connectivity index (χ1) is 9.63. The molecule has 20 heavy (non-hydrogen) atoms. The van der Waals surface area contributed by atoms with E-state index in [1.165, 1.54) is 0 Å². The summed E-state index contributed by atoms with van der Waals surface area (Å²) < 4.78 is 5.36. The molecule has 1 unspecified atom stereocenters. The number of piperazine rings is 1. The first-order valence-electron chi connectivity index (χ1n) is 7.41. The summed E-state index contributed by atoms with van der Waals surface area (Å²) in [5.74, 6) is 0.773. The fourth-order valence-corrected chi connectivity index (χ4v) is 2.75. The monoisotopic (exact) mass is 278 g/mol. The highest BCUT2D eigenvalue weighted by Gasteiger charge is 2.21. The second-order valence-electron chi connectivity index (χ2n) is 5.50. The quantitative estimate of drug-likeness (QED) is 0.889. The van der Waals surface area contributed by atoms with E-state index < -0.39 is 6.10 Å². The van der Waals surface area contributed by atoms with Crippen LogP contribution < -0.4 is 4.74 Å². The van der Waals surface area contributed by atoms with E-state index in [2.05, 4.69) is 16.7 Å². The van der Waals surface area contributed by atoms with Crippen molar-refractivity contribution in [2.24, 2.45) is 0 Å². The van der Waals surface area contributed by atoms with Crippen LogP contribution in [0.3, 0.4) is 0 Å². The standard InChI is InChI=1S/C16H26N2O2/c1-4-17-7-9-18(10-8-17)12-15(19)14-11-13(2)5-6-16(14)20-3/h5-6,11,15,19H,4,7-10,12H2,1-3H3. The fourth-order valence-electron chi connectivity index (χ4n) is 2.75. The molecule has 1 aliphatic heterocycles. The van der Waals surface area contributed by atoms with Crippen LogP contribution in [0.15, 0.2) is 18.2 Å². The van der Waals surface area contributed by atoms with E-state index in [-0.39, 0.29) is 0 Å². The Bertz CT molecular complexity index is 428. The van der Waals surface area contributed by atoms with E-state index in [1.54, 1.807) is 7.11 Å². The minimum Gasteiger partial charge on any atom is -0.496 e. The van der Waals surface area contributed by atoms with Crippen LogP contribution in [-0.4, -0.2) is 61.3 Å². The number of ether oxygens (including phenoxy) is 1. The molecule has 1 saturated heterocycles. The number of rotatable bonds is 5. The molecular formula is C16H26N2O2. The Morgan fingerprint density at radius 2 is 1.85 bits per heavy atom. The normalized spacial score (nSPS) is 19.0. The van der Waals surface area contributed by atoms with E-state index in [0.717, 1.165) is 49.6 Å². The van der Waals surface area contributed by atoms with Crippen molar-refractivity contribution in [1.82, 2.24) is 9.80 Å². The molecule has 1 aromatic carbocycles. The van der Waals surface area contributed by atoms with Gasteiger partial charge in [-0.05, 0) is 25.6 Å². The lowest BCUT2D eigenvalue weighted by atomic mass is 10.0. The van der Waals surface area contributed by atoms with Crippen LogP contribution >= 0.6 is 0 Å². The topological polar surface area (TPSA) is 35.9 Å². The average molecular weight is 278 g/mol. The molecule has 2 rings (SSSR count). The number of aliphatic hydroxyl groups is 1. The second kappa shape index (κ2) is 7.07. The van der Waals surface area contributed by atoms with Gasteiger partial charge in [-0.25, -0.2) is 0 Å². The molecule has 4 nitrogen and oxygen atoms in total. The number of benzene rings is 1. The van der Waals surface area contributed by atoms with Gasteiger partial charge in [-0.15, -0.1) is 0 Å². The van der Waals surface area contributed by atoms with Gasteiger partial charge in [-0.2, -0.15) is 0 Å². The number of β-amino-alcohol motifs (C(OH)–C–C–N with tert-alkyl or cyclic N) is 1. The molecule has 0 aromatic heterocycles. The highest BCUT2D eigenvalue weighted by atomic mass is 16.5. The minimum atomic E-state index is -0.488. The number of methoxy groups -OCH3 is 1. The maximum Gasteiger partial charge on any atom is 0.124 e. The lowest BCUT2D eigenvalue weighted by Crippen LogP contribution is -2.47. The van der Waals surface area contributed by atoms with Crippen LogP contribution in [0, 0.1) is 6.92 Å². The summed E-state index contributed by atoms with van der Waals surface area (Å²) in [7, 11) is 1.65. The van der Waals surface area contributed by atoms with Crippen molar-refractivity contribution in [3.8, 4) is 5.75 Å². The SMILES string of the molecule is CCN1CCN(CC(O)c2cc(C)ccc2OC)CC1. The number of aryl methyl sites for hydroxylation is 1. The van der Waals surface area contributed by atoms with Crippen molar-refractivity contribution >= 4 is 0 Å². The molecule has 1 fully saturated rings. The summed E-state index contributed by atoms with van der Waals surface area (Å²) in [6.07, 6.45) is -0.488. The summed E-state index contributed by atoms with van der Waals surface area (Å²) in [6, 6.07) is 5.96. The molecular weight excluding hydrogens is 252 g/mol. The summed E-state index contributed by atoms with van der Waals surface area (Å²) in [5.41, 5.74) is 2.04. The van der Waals surface area contributed by atoms with Gasteiger partial charge in [0, 0.05) is 38.3 Å². The van der Waals surface area contributed by atoms with E-state index >= 15 is 0 Å². The van der Waals surface area contributed by atoms with E-state index in [4.69, 9.17) is 4.74 Å². The van der Waals surface area contributed by atoms with Gasteiger partial charge in [-0.1, -0.05) is 18.6 Å².